The average molecular weight is 284 g/mol. The second-order valence-corrected chi connectivity index (χ2v) is 4.54. The van der Waals surface area contributed by atoms with Crippen molar-refractivity contribution >= 4 is 24.2 Å². The normalized spacial score (nSPS) is 19.6. The van der Waals surface area contributed by atoms with Crippen LogP contribution in [0.4, 0.5) is 0 Å². The summed E-state index contributed by atoms with van der Waals surface area (Å²) >= 11 is 0. The van der Waals surface area contributed by atoms with Crippen molar-refractivity contribution in [1.82, 2.24) is 4.90 Å². The molecule has 0 N–H and O–H groups in total. The van der Waals surface area contributed by atoms with Gasteiger partial charge in [0.05, 0.1) is 0 Å². The fourth-order valence-electron chi connectivity index (χ4n) is 2.15. The lowest BCUT2D eigenvalue weighted by Gasteiger charge is -2.31. The number of piperidine rings is 1. The van der Waals surface area contributed by atoms with Gasteiger partial charge in [-0.05, 0) is 5.56 Å². The molecule has 5 heteroatoms. The quantitative estimate of drug-likeness (QED) is 0.794. The molecule has 4 nitrogen and oxygen atoms in total. The molecule has 0 amide bonds. The van der Waals surface area contributed by atoms with Crippen LogP contribution in [0.1, 0.15) is 18.9 Å². The molecule has 0 saturated carbocycles. The number of carbonyl (C=O) groups is 2. The van der Waals surface area contributed by atoms with Gasteiger partial charge in [-0.15, -0.1) is 12.4 Å². The molecule has 19 heavy (non-hydrogen) atoms. The minimum atomic E-state index is -0.597. The van der Waals surface area contributed by atoms with Gasteiger partial charge in [-0.3, -0.25) is 14.5 Å². The van der Waals surface area contributed by atoms with Crippen LogP contribution in [0, 0.1) is 0 Å². The van der Waals surface area contributed by atoms with E-state index in [1.807, 2.05) is 18.2 Å². The molecule has 0 aliphatic carbocycles. The number of hydrogen-bond donors (Lipinski definition) is 0. The summed E-state index contributed by atoms with van der Waals surface area (Å²) in [7, 11) is 0. The van der Waals surface area contributed by atoms with E-state index in [1.165, 1.54) is 12.5 Å². The number of ether oxygens (including phenoxy) is 1. The first-order chi connectivity index (χ1) is 8.65. The summed E-state index contributed by atoms with van der Waals surface area (Å²) in [5, 5.41) is 0. The maximum absolute atomic E-state index is 11.6. The molecule has 1 heterocycles. The first-order valence-corrected chi connectivity index (χ1v) is 6.11. The van der Waals surface area contributed by atoms with E-state index in [2.05, 4.69) is 17.0 Å². The summed E-state index contributed by atoms with van der Waals surface area (Å²) in [6, 6.07) is 10.1. The summed E-state index contributed by atoms with van der Waals surface area (Å²) in [5.74, 6) is -0.371. The molecular weight excluding hydrogens is 266 g/mol. The van der Waals surface area contributed by atoms with Crippen molar-refractivity contribution in [2.75, 3.05) is 13.1 Å². The second-order valence-electron chi connectivity index (χ2n) is 4.54. The van der Waals surface area contributed by atoms with Crippen molar-refractivity contribution in [3.8, 4) is 0 Å². The fourth-order valence-corrected chi connectivity index (χ4v) is 2.15. The number of likely N-dealkylation sites (tertiary alicyclic amines) is 1. The van der Waals surface area contributed by atoms with E-state index in [4.69, 9.17) is 4.74 Å². The molecule has 1 fully saturated rings. The van der Waals surface area contributed by atoms with Crippen LogP contribution in [-0.4, -0.2) is 35.8 Å². The Labute approximate surface area is 119 Å². The SMILES string of the molecule is CC(=O)OC1CN(Cc2ccccc2)CCC1=O.Cl. The van der Waals surface area contributed by atoms with Crippen LogP contribution >= 0.6 is 12.4 Å². The first-order valence-electron chi connectivity index (χ1n) is 6.11. The van der Waals surface area contributed by atoms with Gasteiger partial charge in [0.25, 0.3) is 0 Å². The van der Waals surface area contributed by atoms with Crippen LogP contribution in [0.25, 0.3) is 0 Å². The Bertz CT molecular complexity index is 436. The number of benzene rings is 1. The van der Waals surface area contributed by atoms with Gasteiger partial charge in [0.1, 0.15) is 0 Å². The lowest BCUT2D eigenvalue weighted by atomic mass is 10.1. The molecule has 0 radical (unpaired) electrons. The maximum Gasteiger partial charge on any atom is 0.303 e. The zero-order valence-electron chi connectivity index (χ0n) is 10.9. The third-order valence-corrected chi connectivity index (χ3v) is 3.01. The Kier molecular flexibility index (Phi) is 5.99. The zero-order valence-corrected chi connectivity index (χ0v) is 11.7. The van der Waals surface area contributed by atoms with E-state index < -0.39 is 12.1 Å². The average Bonchev–Trinajstić information content (AvgIpc) is 2.34. The van der Waals surface area contributed by atoms with Gasteiger partial charge in [-0.2, -0.15) is 0 Å². The monoisotopic (exact) mass is 283 g/mol. The molecule has 0 aromatic heterocycles. The number of hydrogen-bond acceptors (Lipinski definition) is 4. The Morgan fingerprint density at radius 2 is 2.05 bits per heavy atom. The number of nitrogens with zero attached hydrogens (tertiary/aromatic N) is 1. The van der Waals surface area contributed by atoms with Gasteiger partial charge in [-0.1, -0.05) is 30.3 Å². The molecule has 0 spiro atoms. The second kappa shape index (κ2) is 7.26. The van der Waals surface area contributed by atoms with Gasteiger partial charge in [0.15, 0.2) is 11.9 Å². The van der Waals surface area contributed by atoms with Crippen LogP contribution in [-0.2, 0) is 20.9 Å². The summed E-state index contributed by atoms with van der Waals surface area (Å²) in [6.07, 6.45) is -0.148. The molecule has 1 aliphatic rings. The number of esters is 1. The van der Waals surface area contributed by atoms with Gasteiger partial charge in [0, 0.05) is 33.0 Å². The van der Waals surface area contributed by atoms with Crippen LogP contribution in [0.5, 0.6) is 0 Å². The van der Waals surface area contributed by atoms with Gasteiger partial charge in [-0.25, -0.2) is 0 Å². The predicted molar refractivity (Wildman–Crippen MR) is 74.1 cm³/mol. The number of ketones is 1. The lowest BCUT2D eigenvalue weighted by Crippen LogP contribution is -2.45. The molecule has 2 rings (SSSR count). The van der Waals surface area contributed by atoms with Crippen molar-refractivity contribution < 1.29 is 14.3 Å². The third-order valence-electron chi connectivity index (χ3n) is 3.01. The molecule has 1 saturated heterocycles. The van der Waals surface area contributed by atoms with Gasteiger partial charge in [0.2, 0.25) is 0 Å². The highest BCUT2D eigenvalue weighted by molar-refractivity contribution is 5.86. The molecule has 104 valence electrons. The van der Waals surface area contributed by atoms with Crippen LogP contribution in [0.2, 0.25) is 0 Å². The Balaban J connectivity index is 0.00000180. The van der Waals surface area contributed by atoms with Crippen LogP contribution < -0.4 is 0 Å². The highest BCUT2D eigenvalue weighted by Crippen LogP contribution is 2.13. The number of carbonyl (C=O) groups excluding carboxylic acids is 2. The van der Waals surface area contributed by atoms with E-state index in [-0.39, 0.29) is 18.2 Å². The molecule has 1 unspecified atom stereocenters. The molecule has 1 aliphatic heterocycles. The van der Waals surface area contributed by atoms with Crippen LogP contribution in [0.15, 0.2) is 30.3 Å². The smallest absolute Gasteiger partial charge is 0.303 e. The summed E-state index contributed by atoms with van der Waals surface area (Å²) in [6.45, 7) is 3.34. The first kappa shape index (κ1) is 15.7. The van der Waals surface area contributed by atoms with E-state index >= 15 is 0 Å². The molecule has 0 bridgehead atoms. The van der Waals surface area contributed by atoms with Crippen LogP contribution in [0.3, 0.4) is 0 Å². The van der Waals surface area contributed by atoms with Crippen molar-refractivity contribution in [1.29, 1.82) is 0 Å². The molecule has 1 aromatic rings. The standard InChI is InChI=1S/C14H17NO3.ClH/c1-11(16)18-14-10-15(8-7-13(14)17)9-12-5-3-2-4-6-12;/h2-6,14H,7-10H2,1H3;1H. The number of halogens is 1. The maximum atomic E-state index is 11.6. The molecular formula is C14H18ClNO3. The lowest BCUT2D eigenvalue weighted by molar-refractivity contribution is -0.156. The Morgan fingerprint density at radius 3 is 2.68 bits per heavy atom. The topological polar surface area (TPSA) is 46.6 Å². The summed E-state index contributed by atoms with van der Waals surface area (Å²) in [4.78, 5) is 24.7. The van der Waals surface area contributed by atoms with E-state index in [1.54, 1.807) is 0 Å². The molecule has 1 atom stereocenters. The van der Waals surface area contributed by atoms with E-state index in [9.17, 15) is 9.59 Å². The van der Waals surface area contributed by atoms with Crippen molar-refractivity contribution in [2.24, 2.45) is 0 Å². The molecule has 1 aromatic carbocycles. The van der Waals surface area contributed by atoms with E-state index in [0.717, 1.165) is 13.1 Å². The third kappa shape index (κ3) is 4.65. The van der Waals surface area contributed by atoms with Gasteiger partial charge >= 0.3 is 5.97 Å². The predicted octanol–water partition coefficient (Wildman–Crippen LogP) is 1.81. The largest absolute Gasteiger partial charge is 0.453 e. The van der Waals surface area contributed by atoms with E-state index in [0.29, 0.717) is 13.0 Å². The number of Topliss-reactive ketones (excluding diaryl/α,β-unsaturated/α-hetero) is 1. The summed E-state index contributed by atoms with van der Waals surface area (Å²) < 4.78 is 5.04. The minimum absolute atomic E-state index is 0. The zero-order chi connectivity index (χ0) is 13.0. The Hall–Kier alpha value is -1.39. The Morgan fingerprint density at radius 1 is 1.37 bits per heavy atom. The van der Waals surface area contributed by atoms with Crippen molar-refractivity contribution in [3.63, 3.8) is 0 Å². The highest BCUT2D eigenvalue weighted by Gasteiger charge is 2.29. The fraction of sp³-hybridized carbons (Fsp3) is 0.429. The number of rotatable bonds is 3. The van der Waals surface area contributed by atoms with Gasteiger partial charge < -0.3 is 4.74 Å². The van der Waals surface area contributed by atoms with Crippen molar-refractivity contribution in [3.05, 3.63) is 35.9 Å². The van der Waals surface area contributed by atoms with Crippen molar-refractivity contribution in [2.45, 2.75) is 26.0 Å². The minimum Gasteiger partial charge on any atom is -0.453 e. The highest BCUT2D eigenvalue weighted by atomic mass is 35.5. The summed E-state index contributed by atoms with van der Waals surface area (Å²) in [5.41, 5.74) is 1.20.